The SMILES string of the molecule is O=C(Nc1cc(Cl)c(Cl)cc1Cl)c1ccccc1-c1ncc(-c2ccc(F)cc2)o1. The smallest absolute Gasteiger partial charge is 0.256 e. The number of anilines is 1. The van der Waals surface area contributed by atoms with Gasteiger partial charge in [-0.25, -0.2) is 9.37 Å². The Hall–Kier alpha value is -2.86. The quantitative estimate of drug-likeness (QED) is 0.323. The number of rotatable bonds is 4. The molecule has 0 saturated carbocycles. The first-order valence-corrected chi connectivity index (χ1v) is 9.83. The second-order valence-electron chi connectivity index (χ2n) is 6.28. The number of amides is 1. The van der Waals surface area contributed by atoms with Crippen molar-refractivity contribution >= 4 is 46.4 Å². The minimum Gasteiger partial charge on any atom is -0.436 e. The molecule has 0 aliphatic carbocycles. The third kappa shape index (κ3) is 4.19. The molecule has 0 saturated heterocycles. The third-order valence-corrected chi connectivity index (χ3v) is 5.33. The number of hydrogen-bond donors (Lipinski definition) is 1. The molecule has 4 rings (SSSR count). The van der Waals surface area contributed by atoms with Crippen molar-refractivity contribution in [3.05, 3.63) is 93.3 Å². The van der Waals surface area contributed by atoms with Gasteiger partial charge >= 0.3 is 0 Å². The average Bonchev–Trinajstić information content (AvgIpc) is 3.22. The van der Waals surface area contributed by atoms with Gasteiger partial charge in [-0.3, -0.25) is 4.79 Å². The van der Waals surface area contributed by atoms with Crippen LogP contribution in [0.25, 0.3) is 22.8 Å². The molecule has 0 fully saturated rings. The summed E-state index contributed by atoms with van der Waals surface area (Å²) in [5, 5.41) is 3.53. The zero-order chi connectivity index (χ0) is 21.3. The monoisotopic (exact) mass is 460 g/mol. The van der Waals surface area contributed by atoms with Gasteiger partial charge in [0.1, 0.15) is 5.82 Å². The molecule has 4 aromatic rings. The van der Waals surface area contributed by atoms with Gasteiger partial charge in [-0.05, 0) is 48.5 Å². The van der Waals surface area contributed by atoms with Gasteiger partial charge in [0.25, 0.3) is 5.91 Å². The maximum atomic E-state index is 13.2. The molecule has 3 aromatic carbocycles. The molecule has 1 amide bonds. The highest BCUT2D eigenvalue weighted by molar-refractivity contribution is 6.44. The first kappa shape index (κ1) is 20.4. The van der Waals surface area contributed by atoms with E-state index in [0.717, 1.165) is 0 Å². The second kappa shape index (κ2) is 8.48. The molecular formula is C22H12Cl3FN2O2. The van der Waals surface area contributed by atoms with E-state index >= 15 is 0 Å². The zero-order valence-electron chi connectivity index (χ0n) is 15.1. The minimum absolute atomic E-state index is 0.250. The Labute approximate surface area is 186 Å². The van der Waals surface area contributed by atoms with Crippen molar-refractivity contribution in [3.8, 4) is 22.8 Å². The number of hydrogen-bond acceptors (Lipinski definition) is 3. The van der Waals surface area contributed by atoms with E-state index in [9.17, 15) is 9.18 Å². The van der Waals surface area contributed by atoms with E-state index in [1.807, 2.05) is 0 Å². The highest BCUT2D eigenvalue weighted by Gasteiger charge is 2.18. The van der Waals surface area contributed by atoms with Gasteiger partial charge in [0.05, 0.1) is 32.5 Å². The molecule has 0 unspecified atom stereocenters. The number of carbonyl (C=O) groups excluding carboxylic acids is 1. The van der Waals surface area contributed by atoms with E-state index < -0.39 is 5.91 Å². The molecule has 1 aromatic heterocycles. The van der Waals surface area contributed by atoms with Crippen LogP contribution in [0.5, 0.6) is 0 Å². The number of oxazole rings is 1. The van der Waals surface area contributed by atoms with Gasteiger partial charge in [0.2, 0.25) is 5.89 Å². The van der Waals surface area contributed by atoms with Gasteiger partial charge in [-0.1, -0.05) is 46.9 Å². The number of halogens is 4. The maximum Gasteiger partial charge on any atom is 0.256 e. The Morgan fingerprint density at radius 2 is 1.63 bits per heavy atom. The molecule has 0 bridgehead atoms. The molecule has 0 atom stereocenters. The number of benzene rings is 3. The highest BCUT2D eigenvalue weighted by Crippen LogP contribution is 2.33. The lowest BCUT2D eigenvalue weighted by atomic mass is 10.1. The Balaban J connectivity index is 1.66. The van der Waals surface area contributed by atoms with Crippen LogP contribution in [0.4, 0.5) is 10.1 Å². The fraction of sp³-hybridized carbons (Fsp3) is 0. The normalized spacial score (nSPS) is 10.8. The summed E-state index contributed by atoms with van der Waals surface area (Å²) in [6.45, 7) is 0. The molecule has 150 valence electrons. The van der Waals surface area contributed by atoms with Crippen LogP contribution in [0, 0.1) is 5.82 Å². The predicted octanol–water partition coefficient (Wildman–Crippen LogP) is 7.36. The lowest BCUT2D eigenvalue weighted by Crippen LogP contribution is -2.13. The molecule has 1 N–H and O–H groups in total. The first-order chi connectivity index (χ1) is 14.4. The molecule has 1 heterocycles. The maximum absolute atomic E-state index is 13.2. The molecule has 0 radical (unpaired) electrons. The summed E-state index contributed by atoms with van der Waals surface area (Å²) in [6, 6.07) is 15.6. The lowest BCUT2D eigenvalue weighted by Gasteiger charge is -2.10. The minimum atomic E-state index is -0.424. The third-order valence-electron chi connectivity index (χ3n) is 4.29. The van der Waals surface area contributed by atoms with Crippen LogP contribution in [0.3, 0.4) is 0 Å². The molecule has 0 aliphatic rings. The second-order valence-corrected chi connectivity index (χ2v) is 7.50. The van der Waals surface area contributed by atoms with E-state index in [1.165, 1.54) is 30.5 Å². The van der Waals surface area contributed by atoms with Crippen molar-refractivity contribution in [3.63, 3.8) is 0 Å². The van der Waals surface area contributed by atoms with Gasteiger partial charge < -0.3 is 9.73 Å². The van der Waals surface area contributed by atoms with Gasteiger partial charge in [0, 0.05) is 11.1 Å². The highest BCUT2D eigenvalue weighted by atomic mass is 35.5. The van der Waals surface area contributed by atoms with Crippen LogP contribution in [0.2, 0.25) is 15.1 Å². The van der Waals surface area contributed by atoms with Crippen molar-refractivity contribution in [1.82, 2.24) is 4.98 Å². The summed E-state index contributed by atoms with van der Waals surface area (Å²) in [5.41, 5.74) is 1.80. The van der Waals surface area contributed by atoms with Crippen LogP contribution in [-0.4, -0.2) is 10.9 Å². The van der Waals surface area contributed by atoms with Crippen molar-refractivity contribution in [2.45, 2.75) is 0 Å². The standard InChI is InChI=1S/C22H12Cl3FN2O2/c23-16-9-18(25)19(10-17(16)24)28-21(29)14-3-1-2-4-15(14)22-27-11-20(30-22)12-5-7-13(26)8-6-12/h1-11H,(H,28,29). The van der Waals surface area contributed by atoms with Crippen LogP contribution < -0.4 is 5.32 Å². The largest absolute Gasteiger partial charge is 0.436 e. The van der Waals surface area contributed by atoms with Crippen molar-refractivity contribution in [2.24, 2.45) is 0 Å². The average molecular weight is 462 g/mol. The van der Waals surface area contributed by atoms with Gasteiger partial charge in [-0.2, -0.15) is 0 Å². The predicted molar refractivity (Wildman–Crippen MR) is 117 cm³/mol. The summed E-state index contributed by atoms with van der Waals surface area (Å²) in [6.07, 6.45) is 1.52. The van der Waals surface area contributed by atoms with Crippen LogP contribution in [0.15, 0.2) is 71.3 Å². The van der Waals surface area contributed by atoms with Gasteiger partial charge in [-0.15, -0.1) is 0 Å². The molecular weight excluding hydrogens is 450 g/mol. The first-order valence-electron chi connectivity index (χ1n) is 8.69. The van der Waals surface area contributed by atoms with E-state index in [1.54, 1.807) is 36.4 Å². The zero-order valence-corrected chi connectivity index (χ0v) is 17.4. The summed E-state index contributed by atoms with van der Waals surface area (Å²) in [4.78, 5) is 17.2. The summed E-state index contributed by atoms with van der Waals surface area (Å²) in [5.74, 6) is -0.0676. The summed E-state index contributed by atoms with van der Waals surface area (Å²) < 4.78 is 19.0. The van der Waals surface area contributed by atoms with Crippen molar-refractivity contribution < 1.29 is 13.6 Å². The summed E-state index contributed by atoms with van der Waals surface area (Å²) >= 11 is 18.1. The number of aromatic nitrogens is 1. The van der Waals surface area contributed by atoms with Crippen molar-refractivity contribution in [2.75, 3.05) is 5.32 Å². The van der Waals surface area contributed by atoms with Gasteiger partial charge in [0.15, 0.2) is 5.76 Å². The van der Waals surface area contributed by atoms with E-state index in [2.05, 4.69) is 10.3 Å². The Kier molecular flexibility index (Phi) is 5.77. The fourth-order valence-electron chi connectivity index (χ4n) is 2.82. The number of nitrogens with one attached hydrogen (secondary N) is 1. The molecule has 0 spiro atoms. The van der Waals surface area contributed by atoms with E-state index in [0.29, 0.717) is 28.1 Å². The van der Waals surface area contributed by atoms with Crippen LogP contribution >= 0.6 is 34.8 Å². The number of nitrogens with zero attached hydrogens (tertiary/aromatic N) is 1. The molecule has 8 heteroatoms. The topological polar surface area (TPSA) is 55.1 Å². The van der Waals surface area contributed by atoms with E-state index in [4.69, 9.17) is 39.2 Å². The number of carbonyl (C=O) groups is 1. The summed E-state index contributed by atoms with van der Waals surface area (Å²) in [7, 11) is 0. The Morgan fingerprint density at radius 1 is 0.933 bits per heavy atom. The molecule has 0 aliphatic heterocycles. The van der Waals surface area contributed by atoms with Crippen molar-refractivity contribution in [1.29, 1.82) is 0 Å². The Bertz CT molecular complexity index is 1240. The molecule has 30 heavy (non-hydrogen) atoms. The molecule has 4 nitrogen and oxygen atoms in total. The Morgan fingerprint density at radius 3 is 2.40 bits per heavy atom. The lowest BCUT2D eigenvalue weighted by molar-refractivity contribution is 0.102. The fourth-order valence-corrected chi connectivity index (χ4v) is 3.42. The van der Waals surface area contributed by atoms with E-state index in [-0.39, 0.29) is 26.8 Å². The van der Waals surface area contributed by atoms with Crippen LogP contribution in [-0.2, 0) is 0 Å². The van der Waals surface area contributed by atoms with Crippen LogP contribution in [0.1, 0.15) is 10.4 Å².